The van der Waals surface area contributed by atoms with Crippen LogP contribution in [0.5, 0.6) is 0 Å². The summed E-state index contributed by atoms with van der Waals surface area (Å²) in [4.78, 5) is 65.7. The third-order valence-corrected chi connectivity index (χ3v) is 3.87. The molecule has 0 aromatic heterocycles. The lowest BCUT2D eigenvalue weighted by atomic mass is 10.0. The smallest absolute Gasteiger partial charge is 0.247 e. The highest BCUT2D eigenvalue weighted by Crippen LogP contribution is 2.53. The molecule has 3 fully saturated rings. The van der Waals surface area contributed by atoms with Crippen molar-refractivity contribution in [3.05, 3.63) is 0 Å². The number of nitrogens with zero attached hydrogens (tertiary/aromatic N) is 5. The largest absolute Gasteiger partial charge is 0.343 e. The summed E-state index contributed by atoms with van der Waals surface area (Å²) in [5.41, 5.74) is 0. The van der Waals surface area contributed by atoms with Gasteiger partial charge in [0, 0.05) is 0 Å². The summed E-state index contributed by atoms with van der Waals surface area (Å²) in [5.74, 6) is -1.57. The second-order valence-corrected chi connectivity index (χ2v) is 4.76. The van der Waals surface area contributed by atoms with Gasteiger partial charge in [0.15, 0.2) is 0 Å². The van der Waals surface area contributed by atoms with Crippen molar-refractivity contribution in [1.82, 2.24) is 14.7 Å². The van der Waals surface area contributed by atoms with Crippen LogP contribution >= 0.6 is 0 Å². The van der Waals surface area contributed by atoms with Gasteiger partial charge in [-0.1, -0.05) is 0 Å². The van der Waals surface area contributed by atoms with Gasteiger partial charge >= 0.3 is 18.1 Å². The van der Waals surface area contributed by atoms with Crippen molar-refractivity contribution in [2.75, 3.05) is 6.54 Å². The Morgan fingerprint density at radius 3 is 2.24 bits per heavy atom. The molecular formula is C11H9N5O5. The van der Waals surface area contributed by atoms with Crippen molar-refractivity contribution < 1.29 is 24.0 Å². The zero-order valence-electron chi connectivity index (χ0n) is 10.7. The molecule has 3 aliphatic heterocycles. The van der Waals surface area contributed by atoms with E-state index in [0.29, 0.717) is 19.3 Å². The summed E-state index contributed by atoms with van der Waals surface area (Å²) in [6.45, 7) is 0.286. The Morgan fingerprint density at radius 2 is 1.67 bits per heavy atom. The minimum atomic E-state index is -1.57. The Bertz CT molecular complexity index is 621. The Hall–Kier alpha value is -2.83. The third kappa shape index (κ3) is 1.35. The SMILES string of the molecule is O=C=NCCCCC1N2C(=O)N3C(=O)N(C2=O)C13N=C=O. The summed E-state index contributed by atoms with van der Waals surface area (Å²) in [6, 6.07) is -3.00. The van der Waals surface area contributed by atoms with Crippen molar-refractivity contribution in [3.63, 3.8) is 0 Å². The third-order valence-electron chi connectivity index (χ3n) is 3.87. The van der Waals surface area contributed by atoms with Crippen molar-refractivity contribution >= 4 is 30.3 Å². The first-order chi connectivity index (χ1) is 10.1. The van der Waals surface area contributed by atoms with E-state index in [1.165, 1.54) is 12.2 Å². The number of isocyanates is 2. The molecule has 10 nitrogen and oxygen atoms in total. The number of carbonyl (C=O) groups is 3. The van der Waals surface area contributed by atoms with Crippen LogP contribution in [0.15, 0.2) is 9.98 Å². The first-order valence-electron chi connectivity index (χ1n) is 6.25. The van der Waals surface area contributed by atoms with Gasteiger partial charge in [-0.3, -0.25) is 0 Å². The predicted octanol–water partition coefficient (Wildman–Crippen LogP) is 0.158. The van der Waals surface area contributed by atoms with Gasteiger partial charge in [-0.2, -0.15) is 14.8 Å². The number of amides is 6. The van der Waals surface area contributed by atoms with Gasteiger partial charge in [-0.25, -0.2) is 33.9 Å². The number of fused-ring (bicyclic) bond motifs is 1. The van der Waals surface area contributed by atoms with E-state index in [4.69, 9.17) is 0 Å². The van der Waals surface area contributed by atoms with Crippen molar-refractivity contribution in [2.24, 2.45) is 9.98 Å². The molecule has 10 heteroatoms. The molecule has 0 aliphatic carbocycles. The molecule has 2 bridgehead atoms. The number of aliphatic imine (C=N–C) groups is 2. The molecule has 3 rings (SSSR count). The van der Waals surface area contributed by atoms with E-state index >= 15 is 0 Å². The average Bonchev–Trinajstić information content (AvgIpc) is 2.76. The molecule has 3 heterocycles. The van der Waals surface area contributed by atoms with Gasteiger partial charge in [0.1, 0.15) is 6.04 Å². The fourth-order valence-corrected chi connectivity index (χ4v) is 3.06. The summed E-state index contributed by atoms with van der Waals surface area (Å²) in [6.07, 6.45) is 4.18. The highest BCUT2D eigenvalue weighted by Gasteiger charge is 2.82. The first-order valence-corrected chi connectivity index (χ1v) is 6.25. The van der Waals surface area contributed by atoms with Crippen molar-refractivity contribution in [2.45, 2.75) is 31.1 Å². The average molecular weight is 291 g/mol. The van der Waals surface area contributed by atoms with E-state index in [9.17, 15) is 24.0 Å². The molecule has 0 aromatic carbocycles. The van der Waals surface area contributed by atoms with Crippen LogP contribution in [-0.4, -0.2) is 63.3 Å². The lowest BCUT2D eigenvalue weighted by Gasteiger charge is -2.49. The maximum atomic E-state index is 12.0. The number of rotatable bonds is 6. The second kappa shape index (κ2) is 4.34. The van der Waals surface area contributed by atoms with Gasteiger partial charge in [0.25, 0.3) is 5.79 Å². The summed E-state index contributed by atoms with van der Waals surface area (Å²) in [7, 11) is 0. The van der Waals surface area contributed by atoms with Crippen molar-refractivity contribution in [3.8, 4) is 0 Å². The zero-order valence-corrected chi connectivity index (χ0v) is 10.7. The molecule has 108 valence electrons. The minimum absolute atomic E-state index is 0.286. The Balaban J connectivity index is 1.83. The summed E-state index contributed by atoms with van der Waals surface area (Å²) < 4.78 is 0. The zero-order chi connectivity index (χ0) is 15.2. The molecule has 0 aromatic rings. The number of hydrogen-bond acceptors (Lipinski definition) is 7. The maximum absolute atomic E-state index is 12.0. The molecule has 0 radical (unpaired) electrons. The van der Waals surface area contributed by atoms with Gasteiger partial charge in [-0.15, -0.1) is 0 Å². The quantitative estimate of drug-likeness (QED) is 0.392. The fourth-order valence-electron chi connectivity index (χ4n) is 3.06. The molecule has 1 unspecified atom stereocenters. The summed E-state index contributed by atoms with van der Waals surface area (Å²) in [5, 5.41) is 0. The Morgan fingerprint density at radius 1 is 1.00 bits per heavy atom. The number of hydrogen-bond donors (Lipinski definition) is 0. The lowest BCUT2D eigenvalue weighted by Crippen LogP contribution is -2.78. The van der Waals surface area contributed by atoms with Crippen LogP contribution in [0.1, 0.15) is 19.3 Å². The van der Waals surface area contributed by atoms with Crippen LogP contribution < -0.4 is 0 Å². The van der Waals surface area contributed by atoms with E-state index in [2.05, 4.69) is 9.98 Å². The van der Waals surface area contributed by atoms with E-state index < -0.39 is 29.9 Å². The highest BCUT2D eigenvalue weighted by molar-refractivity contribution is 6.20. The maximum Gasteiger partial charge on any atom is 0.343 e. The van der Waals surface area contributed by atoms with Crippen LogP contribution in [0, 0.1) is 0 Å². The monoisotopic (exact) mass is 291 g/mol. The van der Waals surface area contributed by atoms with Crippen molar-refractivity contribution in [1.29, 1.82) is 0 Å². The van der Waals surface area contributed by atoms with Crippen LogP contribution in [0.3, 0.4) is 0 Å². The second-order valence-electron chi connectivity index (χ2n) is 4.76. The highest BCUT2D eigenvalue weighted by atomic mass is 16.3. The topological polar surface area (TPSA) is 120 Å². The molecule has 0 saturated carbocycles. The number of imide groups is 3. The van der Waals surface area contributed by atoms with Gasteiger partial charge < -0.3 is 0 Å². The number of carbonyl (C=O) groups excluding carboxylic acids is 5. The minimum Gasteiger partial charge on any atom is -0.247 e. The molecule has 0 spiro atoms. The summed E-state index contributed by atoms with van der Waals surface area (Å²) >= 11 is 0. The number of urea groups is 3. The standard InChI is InChI=1S/C11H9N5O5/c17-5-12-4-2-1-3-7-11(13-6-18)15-8(19)14(7)9(20)16(11)10(15)21/h7H,1-4H2. The van der Waals surface area contributed by atoms with Gasteiger partial charge in [-0.05, 0) is 19.3 Å². The molecule has 21 heavy (non-hydrogen) atoms. The Kier molecular flexibility index (Phi) is 2.72. The molecule has 3 saturated heterocycles. The molecule has 0 N–H and O–H groups in total. The number of unbranched alkanes of at least 4 members (excludes halogenated alkanes) is 1. The van der Waals surface area contributed by atoms with Crippen LogP contribution in [0.2, 0.25) is 0 Å². The predicted molar refractivity (Wildman–Crippen MR) is 63.2 cm³/mol. The van der Waals surface area contributed by atoms with E-state index in [0.717, 1.165) is 14.7 Å². The molecule has 1 atom stereocenters. The Labute approximate surface area is 117 Å². The van der Waals surface area contributed by atoms with E-state index in [-0.39, 0.29) is 6.54 Å². The van der Waals surface area contributed by atoms with Gasteiger partial charge in [0.05, 0.1) is 6.54 Å². The van der Waals surface area contributed by atoms with Gasteiger partial charge in [0.2, 0.25) is 12.2 Å². The molecule has 6 amide bonds. The first kappa shape index (κ1) is 13.2. The van der Waals surface area contributed by atoms with Crippen LogP contribution in [-0.2, 0) is 9.59 Å². The van der Waals surface area contributed by atoms with Crippen LogP contribution in [0.4, 0.5) is 14.4 Å². The normalized spacial score (nSPS) is 28.5. The van der Waals surface area contributed by atoms with Crippen LogP contribution in [0.25, 0.3) is 0 Å². The molecule has 3 aliphatic rings. The fraction of sp³-hybridized carbons (Fsp3) is 0.545. The lowest BCUT2D eigenvalue weighted by molar-refractivity contribution is -0.0160. The molecular weight excluding hydrogens is 282 g/mol. The van der Waals surface area contributed by atoms with E-state index in [1.807, 2.05) is 0 Å². The van der Waals surface area contributed by atoms with E-state index in [1.54, 1.807) is 0 Å².